The lowest BCUT2D eigenvalue weighted by Gasteiger charge is -2.26. The molecule has 8 heteroatoms. The van der Waals surface area contributed by atoms with Gasteiger partial charge in [-0.1, -0.05) is 30.3 Å². The first-order chi connectivity index (χ1) is 16.7. The van der Waals surface area contributed by atoms with Crippen molar-refractivity contribution < 1.29 is 19.1 Å². The van der Waals surface area contributed by atoms with E-state index >= 15 is 0 Å². The summed E-state index contributed by atoms with van der Waals surface area (Å²) in [5.41, 5.74) is 4.28. The number of nitrogens with zero attached hydrogens (tertiary/aromatic N) is 2. The molecule has 0 bridgehead atoms. The molecule has 2 aromatic carbocycles. The van der Waals surface area contributed by atoms with Crippen LogP contribution in [0.25, 0.3) is 11.8 Å². The number of nitrogens with one attached hydrogen (secondary N) is 1. The van der Waals surface area contributed by atoms with E-state index in [9.17, 15) is 14.4 Å². The van der Waals surface area contributed by atoms with E-state index < -0.39 is 17.8 Å². The minimum atomic E-state index is -0.818. The Hall–Kier alpha value is -4.10. The molecule has 1 saturated heterocycles. The van der Waals surface area contributed by atoms with Crippen molar-refractivity contribution in [2.24, 2.45) is 0 Å². The van der Waals surface area contributed by atoms with Crippen LogP contribution in [0.5, 0.6) is 5.75 Å². The normalized spacial score (nSPS) is 14.9. The maximum Gasteiger partial charge on any atom is 0.335 e. The van der Waals surface area contributed by atoms with Gasteiger partial charge in [0.15, 0.2) is 0 Å². The zero-order chi connectivity index (χ0) is 25.3. The van der Waals surface area contributed by atoms with Crippen molar-refractivity contribution in [3.05, 3.63) is 94.3 Å². The van der Waals surface area contributed by atoms with E-state index in [1.807, 2.05) is 55.7 Å². The molecule has 1 fully saturated rings. The van der Waals surface area contributed by atoms with Gasteiger partial charge in [0, 0.05) is 22.1 Å². The van der Waals surface area contributed by atoms with Crippen LogP contribution in [0.15, 0.2) is 66.8 Å². The van der Waals surface area contributed by atoms with E-state index in [1.54, 1.807) is 18.2 Å². The molecule has 35 heavy (non-hydrogen) atoms. The molecule has 2 heterocycles. The third-order valence-electron chi connectivity index (χ3n) is 5.75. The summed E-state index contributed by atoms with van der Waals surface area (Å²) in [4.78, 5) is 39.3. The van der Waals surface area contributed by atoms with E-state index in [-0.39, 0.29) is 11.3 Å². The lowest BCUT2D eigenvalue weighted by Crippen LogP contribution is -2.54. The van der Waals surface area contributed by atoms with Gasteiger partial charge < -0.3 is 9.30 Å². The van der Waals surface area contributed by atoms with E-state index in [2.05, 4.69) is 11.9 Å². The maximum atomic E-state index is 13.2. The Morgan fingerprint density at radius 3 is 2.34 bits per heavy atom. The van der Waals surface area contributed by atoms with E-state index in [4.69, 9.17) is 16.3 Å². The monoisotopic (exact) mass is 489 g/mol. The van der Waals surface area contributed by atoms with Gasteiger partial charge in [-0.3, -0.25) is 14.9 Å². The Balaban J connectivity index is 1.70. The highest BCUT2D eigenvalue weighted by Gasteiger charge is 2.37. The summed E-state index contributed by atoms with van der Waals surface area (Å²) in [7, 11) is 0. The van der Waals surface area contributed by atoms with Crippen LogP contribution in [0, 0.1) is 20.8 Å². The molecule has 1 N–H and O–H groups in total. The van der Waals surface area contributed by atoms with Crippen LogP contribution < -0.4 is 15.0 Å². The minimum absolute atomic E-state index is 0.144. The fourth-order valence-electron chi connectivity index (χ4n) is 3.95. The van der Waals surface area contributed by atoms with Gasteiger partial charge >= 0.3 is 6.03 Å². The molecule has 3 aromatic rings. The molecule has 1 aromatic heterocycles. The summed E-state index contributed by atoms with van der Waals surface area (Å²) >= 11 is 6.19. The van der Waals surface area contributed by atoms with E-state index in [0.717, 1.165) is 33.3 Å². The summed E-state index contributed by atoms with van der Waals surface area (Å²) < 4.78 is 7.56. The minimum Gasteiger partial charge on any atom is -0.490 e. The van der Waals surface area contributed by atoms with E-state index in [1.165, 1.54) is 12.1 Å². The van der Waals surface area contributed by atoms with Crippen LogP contribution in [0.2, 0.25) is 5.02 Å². The van der Waals surface area contributed by atoms with Crippen LogP contribution in [0.3, 0.4) is 0 Å². The first kappa shape index (κ1) is 24.0. The number of aryl methyl sites for hydroxylation is 2. The number of aromatic nitrogens is 1. The summed E-state index contributed by atoms with van der Waals surface area (Å²) in [6, 6.07) is 13.5. The maximum absolute atomic E-state index is 13.2. The number of benzene rings is 2. The van der Waals surface area contributed by atoms with Crippen molar-refractivity contribution in [1.29, 1.82) is 0 Å². The largest absolute Gasteiger partial charge is 0.490 e. The SMILES string of the molecule is C=CCOc1ccc(-n2c(C)cc(/C=C3/C(=O)NC(=O)N(c4ccc(C)c(Cl)c4)C3=O)c2C)cc1. The fraction of sp³-hybridized carbons (Fsp3) is 0.148. The van der Waals surface area contributed by atoms with Crippen LogP contribution >= 0.6 is 11.6 Å². The molecule has 0 aliphatic carbocycles. The highest BCUT2D eigenvalue weighted by molar-refractivity contribution is 6.39. The molecular formula is C27H24ClN3O4. The molecule has 4 rings (SSSR count). The number of carbonyl (C=O) groups excluding carboxylic acids is 3. The Kier molecular flexibility index (Phi) is 6.62. The third kappa shape index (κ3) is 4.63. The predicted molar refractivity (Wildman–Crippen MR) is 136 cm³/mol. The lowest BCUT2D eigenvalue weighted by atomic mass is 10.1. The summed E-state index contributed by atoms with van der Waals surface area (Å²) in [5, 5.41) is 2.66. The number of ether oxygens (including phenoxy) is 1. The number of anilines is 1. The Bertz CT molecular complexity index is 1390. The number of hydrogen-bond acceptors (Lipinski definition) is 4. The van der Waals surface area contributed by atoms with Gasteiger partial charge in [-0.15, -0.1) is 0 Å². The summed E-state index contributed by atoms with van der Waals surface area (Å²) in [6.07, 6.45) is 3.19. The van der Waals surface area contributed by atoms with Crippen molar-refractivity contribution in [2.75, 3.05) is 11.5 Å². The van der Waals surface area contributed by atoms with Crippen molar-refractivity contribution in [3.63, 3.8) is 0 Å². The van der Waals surface area contributed by atoms with Crippen molar-refractivity contribution in [2.45, 2.75) is 20.8 Å². The van der Waals surface area contributed by atoms with Crippen molar-refractivity contribution >= 4 is 41.2 Å². The zero-order valence-corrected chi connectivity index (χ0v) is 20.3. The first-order valence-corrected chi connectivity index (χ1v) is 11.3. The second-order valence-corrected chi connectivity index (χ2v) is 8.55. The Labute approximate surface area is 208 Å². The Morgan fingerprint density at radius 1 is 1.00 bits per heavy atom. The highest BCUT2D eigenvalue weighted by Crippen LogP contribution is 2.28. The van der Waals surface area contributed by atoms with Crippen LogP contribution in [-0.2, 0) is 9.59 Å². The van der Waals surface area contributed by atoms with E-state index in [0.29, 0.717) is 17.2 Å². The Morgan fingerprint density at radius 2 is 1.69 bits per heavy atom. The smallest absolute Gasteiger partial charge is 0.335 e. The summed E-state index contributed by atoms with van der Waals surface area (Å²) in [6.45, 7) is 9.71. The molecule has 0 unspecified atom stereocenters. The zero-order valence-electron chi connectivity index (χ0n) is 19.6. The molecule has 1 aliphatic rings. The number of rotatable bonds is 6. The molecule has 4 amide bonds. The van der Waals surface area contributed by atoms with Crippen molar-refractivity contribution in [3.8, 4) is 11.4 Å². The predicted octanol–water partition coefficient (Wildman–Crippen LogP) is 5.29. The molecule has 7 nitrogen and oxygen atoms in total. The van der Waals surface area contributed by atoms with Gasteiger partial charge in [-0.25, -0.2) is 9.69 Å². The van der Waals surface area contributed by atoms with Gasteiger partial charge in [-0.05, 0) is 80.4 Å². The van der Waals surface area contributed by atoms with Gasteiger partial charge in [0.1, 0.15) is 17.9 Å². The lowest BCUT2D eigenvalue weighted by molar-refractivity contribution is -0.122. The molecule has 0 spiro atoms. The quantitative estimate of drug-likeness (QED) is 0.290. The average Bonchev–Trinajstić information content (AvgIpc) is 3.10. The molecule has 1 aliphatic heterocycles. The second kappa shape index (κ2) is 9.64. The van der Waals surface area contributed by atoms with Gasteiger partial charge in [0.2, 0.25) is 0 Å². The molecular weight excluding hydrogens is 466 g/mol. The van der Waals surface area contributed by atoms with Crippen LogP contribution in [0.1, 0.15) is 22.5 Å². The number of barbiturate groups is 1. The van der Waals surface area contributed by atoms with Crippen LogP contribution in [0.4, 0.5) is 10.5 Å². The average molecular weight is 490 g/mol. The first-order valence-electron chi connectivity index (χ1n) is 10.9. The number of halogens is 1. The van der Waals surface area contributed by atoms with Crippen molar-refractivity contribution in [1.82, 2.24) is 9.88 Å². The number of hydrogen-bond donors (Lipinski definition) is 1. The molecule has 0 radical (unpaired) electrons. The number of carbonyl (C=O) groups is 3. The second-order valence-electron chi connectivity index (χ2n) is 8.15. The topological polar surface area (TPSA) is 80.6 Å². The summed E-state index contributed by atoms with van der Waals surface area (Å²) in [5.74, 6) is -0.737. The van der Waals surface area contributed by atoms with Gasteiger partial charge in [0.05, 0.1) is 5.69 Å². The third-order valence-corrected chi connectivity index (χ3v) is 6.16. The van der Waals surface area contributed by atoms with Crippen LogP contribution in [-0.4, -0.2) is 29.0 Å². The molecule has 0 saturated carbocycles. The van der Waals surface area contributed by atoms with Gasteiger partial charge in [0.25, 0.3) is 11.8 Å². The number of imide groups is 2. The standard InChI is InChI=1S/C27H24ClN3O4/c1-5-12-35-22-10-8-20(9-11-22)30-17(3)13-19(18(30)4)14-23-25(32)29-27(34)31(26(23)33)21-7-6-16(2)24(28)15-21/h5-11,13-15H,1,12H2,2-4H3,(H,29,32,34)/b23-14-. The fourth-order valence-corrected chi connectivity index (χ4v) is 4.12. The highest BCUT2D eigenvalue weighted by atomic mass is 35.5. The van der Waals surface area contributed by atoms with Gasteiger partial charge in [-0.2, -0.15) is 0 Å². The number of urea groups is 1. The number of amides is 4. The molecule has 178 valence electrons. The molecule has 0 atom stereocenters.